The van der Waals surface area contributed by atoms with Gasteiger partial charge in [-0.2, -0.15) is 10.2 Å². The van der Waals surface area contributed by atoms with Gasteiger partial charge in [-0.1, -0.05) is 18.2 Å². The Morgan fingerprint density at radius 2 is 2.12 bits per heavy atom. The highest BCUT2D eigenvalue weighted by Crippen LogP contribution is 2.20. The Morgan fingerprint density at radius 3 is 2.96 bits per heavy atom. The summed E-state index contributed by atoms with van der Waals surface area (Å²) in [5, 5.41) is 23.5. The van der Waals surface area contributed by atoms with Crippen molar-refractivity contribution < 1.29 is 14.7 Å². The van der Waals surface area contributed by atoms with Crippen molar-refractivity contribution in [3.8, 4) is 0 Å². The van der Waals surface area contributed by atoms with Gasteiger partial charge in [0.1, 0.15) is 0 Å². The number of benzene rings is 1. The van der Waals surface area contributed by atoms with E-state index in [0.29, 0.717) is 25.3 Å². The summed E-state index contributed by atoms with van der Waals surface area (Å²) in [4.78, 5) is 26.6. The van der Waals surface area contributed by atoms with Crippen LogP contribution in [0.1, 0.15) is 26.7 Å². The van der Waals surface area contributed by atoms with E-state index in [2.05, 4.69) is 20.6 Å². The summed E-state index contributed by atoms with van der Waals surface area (Å²) >= 11 is 0. The molecule has 0 saturated heterocycles. The third kappa shape index (κ3) is 2.82. The van der Waals surface area contributed by atoms with E-state index in [-0.39, 0.29) is 30.7 Å². The minimum Gasteiger partial charge on any atom is -0.395 e. The van der Waals surface area contributed by atoms with Gasteiger partial charge in [-0.15, -0.1) is 0 Å². The number of aromatic nitrogens is 4. The lowest BCUT2D eigenvalue weighted by Gasteiger charge is -2.27. The van der Waals surface area contributed by atoms with Crippen molar-refractivity contribution in [2.45, 2.75) is 13.1 Å². The van der Waals surface area contributed by atoms with Crippen LogP contribution in [0.15, 0.2) is 30.3 Å². The third-order valence-corrected chi connectivity index (χ3v) is 4.39. The molecular weight excluding hydrogens is 336 g/mol. The number of hydrogen-bond donors (Lipinski definition) is 3. The predicted molar refractivity (Wildman–Crippen MR) is 92.5 cm³/mol. The highest BCUT2D eigenvalue weighted by molar-refractivity contribution is 6.04. The van der Waals surface area contributed by atoms with Gasteiger partial charge in [0.15, 0.2) is 11.4 Å². The topological polar surface area (TPSA) is 116 Å². The van der Waals surface area contributed by atoms with E-state index >= 15 is 0 Å². The fraction of sp³-hybridized carbons (Fsp3) is 0.294. The number of carbonyl (C=O) groups excluding carboxylic acids is 2. The van der Waals surface area contributed by atoms with Crippen LogP contribution in [-0.4, -0.2) is 61.5 Å². The Hall–Kier alpha value is -3.20. The number of H-pyrrole nitrogens is 1. The first kappa shape index (κ1) is 16.3. The number of hydrogen-bond acceptors (Lipinski definition) is 5. The molecule has 3 heterocycles. The summed E-state index contributed by atoms with van der Waals surface area (Å²) < 4.78 is 1.74. The van der Waals surface area contributed by atoms with Crippen molar-refractivity contribution in [1.82, 2.24) is 30.2 Å². The van der Waals surface area contributed by atoms with Crippen molar-refractivity contribution >= 4 is 22.7 Å². The van der Waals surface area contributed by atoms with Gasteiger partial charge in [-0.25, -0.2) is 0 Å². The highest BCUT2D eigenvalue weighted by atomic mass is 16.3. The molecule has 0 fully saturated rings. The lowest BCUT2D eigenvalue weighted by molar-refractivity contribution is 0.0701. The monoisotopic (exact) mass is 354 g/mol. The van der Waals surface area contributed by atoms with Crippen molar-refractivity contribution in [3.05, 3.63) is 47.4 Å². The average molecular weight is 354 g/mol. The number of fused-ring (bicyclic) bond motifs is 2. The van der Waals surface area contributed by atoms with Crippen LogP contribution in [0.25, 0.3) is 10.9 Å². The third-order valence-electron chi connectivity index (χ3n) is 4.39. The van der Waals surface area contributed by atoms with Crippen LogP contribution >= 0.6 is 0 Å². The van der Waals surface area contributed by atoms with Gasteiger partial charge < -0.3 is 15.3 Å². The Morgan fingerprint density at radius 1 is 1.27 bits per heavy atom. The van der Waals surface area contributed by atoms with Crippen molar-refractivity contribution in [2.24, 2.45) is 0 Å². The van der Waals surface area contributed by atoms with E-state index in [1.807, 2.05) is 24.3 Å². The zero-order valence-corrected chi connectivity index (χ0v) is 14.0. The Labute approximate surface area is 148 Å². The fourth-order valence-corrected chi connectivity index (χ4v) is 3.09. The van der Waals surface area contributed by atoms with Crippen LogP contribution in [0, 0.1) is 0 Å². The maximum Gasteiger partial charge on any atom is 0.275 e. The minimum absolute atomic E-state index is 0.126. The van der Waals surface area contributed by atoms with Gasteiger partial charge in [-0.05, 0) is 12.1 Å². The van der Waals surface area contributed by atoms with E-state index in [4.69, 9.17) is 5.11 Å². The molecule has 0 aliphatic carbocycles. The first-order valence-electron chi connectivity index (χ1n) is 8.35. The first-order valence-corrected chi connectivity index (χ1v) is 8.35. The summed E-state index contributed by atoms with van der Waals surface area (Å²) in [6.45, 7) is 1.42. The highest BCUT2D eigenvalue weighted by Gasteiger charge is 2.26. The molecule has 9 nitrogen and oxygen atoms in total. The number of carbonyl (C=O) groups is 2. The second kappa shape index (κ2) is 6.60. The maximum atomic E-state index is 12.9. The van der Waals surface area contributed by atoms with Crippen LogP contribution in [0.5, 0.6) is 0 Å². The van der Waals surface area contributed by atoms with E-state index in [1.54, 1.807) is 15.6 Å². The maximum absolute atomic E-state index is 12.9. The van der Waals surface area contributed by atoms with Crippen molar-refractivity contribution in [3.63, 3.8) is 0 Å². The zero-order valence-electron chi connectivity index (χ0n) is 14.0. The van der Waals surface area contributed by atoms with Crippen LogP contribution in [0.3, 0.4) is 0 Å². The Bertz CT molecular complexity index is 976. The normalized spacial score (nSPS) is 13.7. The van der Waals surface area contributed by atoms with Crippen LogP contribution in [-0.2, 0) is 13.1 Å². The van der Waals surface area contributed by atoms with Gasteiger partial charge in [0.25, 0.3) is 11.8 Å². The van der Waals surface area contributed by atoms with Crippen LogP contribution < -0.4 is 5.32 Å². The largest absolute Gasteiger partial charge is 0.395 e. The number of nitrogens with one attached hydrogen (secondary N) is 2. The lowest BCUT2D eigenvalue weighted by atomic mass is 10.2. The molecule has 0 atom stereocenters. The summed E-state index contributed by atoms with van der Waals surface area (Å²) in [5.74, 6) is -0.488. The second-order valence-electron chi connectivity index (χ2n) is 6.07. The molecule has 2 amide bonds. The van der Waals surface area contributed by atoms with E-state index in [9.17, 15) is 9.59 Å². The van der Waals surface area contributed by atoms with E-state index in [1.165, 1.54) is 0 Å². The molecule has 1 aliphatic rings. The smallest absolute Gasteiger partial charge is 0.275 e. The Balaban J connectivity index is 1.54. The predicted octanol–water partition coefficient (Wildman–Crippen LogP) is 0.138. The molecule has 0 radical (unpaired) electrons. The molecule has 134 valence electrons. The lowest BCUT2D eigenvalue weighted by Crippen LogP contribution is -2.38. The molecule has 4 rings (SSSR count). The molecule has 3 N–H and O–H groups in total. The summed E-state index contributed by atoms with van der Waals surface area (Å²) in [6.07, 6.45) is 0. The molecule has 0 spiro atoms. The average Bonchev–Trinajstić information content (AvgIpc) is 3.29. The molecule has 26 heavy (non-hydrogen) atoms. The fourth-order valence-electron chi connectivity index (χ4n) is 3.09. The molecule has 1 aromatic carbocycles. The molecular formula is C17H18N6O3. The summed E-state index contributed by atoms with van der Waals surface area (Å²) in [6, 6.07) is 9.18. The van der Waals surface area contributed by atoms with Crippen molar-refractivity contribution in [1.29, 1.82) is 0 Å². The standard InChI is InChI=1S/C17H18N6O3/c24-8-5-18-16(25)14-9-11-10-22(6-7-23(11)21-14)17(26)15-12-3-1-2-4-13(12)19-20-15/h1-4,9,24H,5-8,10H2,(H,18,25)(H,19,20). The molecule has 1 aliphatic heterocycles. The first-order chi connectivity index (χ1) is 12.7. The second-order valence-corrected chi connectivity index (χ2v) is 6.07. The molecule has 0 bridgehead atoms. The Kier molecular flexibility index (Phi) is 4.13. The van der Waals surface area contributed by atoms with Crippen molar-refractivity contribution in [2.75, 3.05) is 19.7 Å². The molecule has 2 aromatic heterocycles. The molecule has 0 unspecified atom stereocenters. The van der Waals surface area contributed by atoms with E-state index in [0.717, 1.165) is 16.6 Å². The number of para-hydroxylation sites is 1. The number of rotatable bonds is 4. The molecule has 3 aromatic rings. The quantitative estimate of drug-likeness (QED) is 0.616. The van der Waals surface area contributed by atoms with E-state index < -0.39 is 0 Å². The number of aromatic amines is 1. The van der Waals surface area contributed by atoms with Crippen LogP contribution in [0.2, 0.25) is 0 Å². The van der Waals surface area contributed by atoms with Gasteiger partial charge in [0, 0.05) is 18.5 Å². The number of aliphatic hydroxyl groups excluding tert-OH is 1. The number of nitrogens with zero attached hydrogens (tertiary/aromatic N) is 4. The number of amides is 2. The zero-order chi connectivity index (χ0) is 18.1. The number of aliphatic hydroxyl groups is 1. The summed E-state index contributed by atoms with van der Waals surface area (Å²) in [7, 11) is 0. The molecule has 9 heteroatoms. The van der Waals surface area contributed by atoms with Gasteiger partial charge in [0.2, 0.25) is 0 Å². The SMILES string of the molecule is O=C(NCCO)c1cc2n(n1)CCN(C(=O)c1n[nH]c3ccccc13)C2. The van der Waals surface area contributed by atoms with Gasteiger partial charge >= 0.3 is 0 Å². The minimum atomic E-state index is -0.336. The summed E-state index contributed by atoms with van der Waals surface area (Å²) in [5.41, 5.74) is 2.29. The van der Waals surface area contributed by atoms with Gasteiger partial charge in [-0.3, -0.25) is 19.4 Å². The van der Waals surface area contributed by atoms with Gasteiger partial charge in [0.05, 0.1) is 30.9 Å². The van der Waals surface area contributed by atoms with Crippen LogP contribution in [0.4, 0.5) is 0 Å². The molecule has 0 saturated carbocycles.